The van der Waals surface area contributed by atoms with Gasteiger partial charge < -0.3 is 0 Å². The molecule has 33 heavy (non-hydrogen) atoms. The van der Waals surface area contributed by atoms with Crippen molar-refractivity contribution < 1.29 is 19.4 Å². The zero-order chi connectivity index (χ0) is 23.7. The van der Waals surface area contributed by atoms with E-state index in [2.05, 4.69) is 101 Å². The number of aryl methyl sites for hydroxylation is 1. The molecule has 0 nitrogen and oxygen atoms in total. The van der Waals surface area contributed by atoms with Crippen LogP contribution in [-0.2, 0) is 25.8 Å². The average molecular weight is 556 g/mol. The van der Waals surface area contributed by atoms with Crippen molar-refractivity contribution in [3.05, 3.63) is 94.0 Å². The summed E-state index contributed by atoms with van der Waals surface area (Å²) in [6, 6.07) is 22.5. The van der Waals surface area contributed by atoms with E-state index < -0.39 is 19.4 Å². The van der Waals surface area contributed by atoms with Gasteiger partial charge in [0, 0.05) is 0 Å². The predicted molar refractivity (Wildman–Crippen MR) is 143 cm³/mol. The molecule has 3 aromatic carbocycles. The number of hydrogen-bond donors (Lipinski definition) is 0. The van der Waals surface area contributed by atoms with E-state index in [1.54, 1.807) is 0 Å². The summed E-state index contributed by atoms with van der Waals surface area (Å²) < 4.78 is 0.167. The van der Waals surface area contributed by atoms with Crippen LogP contribution in [0.3, 0.4) is 0 Å². The summed E-state index contributed by atoms with van der Waals surface area (Å²) in [7, 11) is 13.6. The molecule has 0 saturated carbocycles. The zero-order valence-corrected chi connectivity index (χ0v) is 24.2. The number of rotatable bonds is 7. The third-order valence-electron chi connectivity index (χ3n) is 6.73. The Labute approximate surface area is 214 Å². The first-order chi connectivity index (χ1) is 15.8. The van der Waals surface area contributed by atoms with Crippen molar-refractivity contribution in [2.24, 2.45) is 0 Å². The van der Waals surface area contributed by atoms with Gasteiger partial charge in [0.1, 0.15) is 0 Å². The second kappa shape index (κ2) is 10.6. The molecule has 0 aromatic heterocycles. The molecule has 0 aliphatic heterocycles. The van der Waals surface area contributed by atoms with Gasteiger partial charge in [-0.25, -0.2) is 0 Å². The summed E-state index contributed by atoms with van der Waals surface area (Å²) >= 11 is -2.64. The fourth-order valence-electron chi connectivity index (χ4n) is 4.92. The van der Waals surface area contributed by atoms with Crippen LogP contribution < -0.4 is 0 Å². The minimum absolute atomic E-state index is 0.167. The molecule has 0 saturated heterocycles. The van der Waals surface area contributed by atoms with Crippen LogP contribution in [0.1, 0.15) is 89.9 Å². The van der Waals surface area contributed by atoms with E-state index >= 15 is 0 Å². The van der Waals surface area contributed by atoms with Crippen LogP contribution in [0.25, 0.3) is 22.8 Å². The number of halogens is 2. The number of hydrogen-bond acceptors (Lipinski definition) is 0. The fraction of sp³-hybridized carbons (Fsp3) is 0.333. The standard InChI is InChI=1S/C30H33.2ClH.Zr/c1-6-10-23-13-14-24-15-27(22-11-8-7-9-12-22)19-29(24)30(23)28-17-25(20(2)3)16-26(18-28)21(4)5;;;/h7-9,11-21H,6,10H2,1-5H3;2*1H;/q;;;+2/p-2. The first-order valence-corrected chi connectivity index (χ1v) is 19.8. The van der Waals surface area contributed by atoms with Crippen molar-refractivity contribution in [3.63, 3.8) is 0 Å². The van der Waals surface area contributed by atoms with Crippen LogP contribution in [-0.4, -0.2) is 0 Å². The molecule has 0 radical (unpaired) electrons. The fourth-order valence-corrected chi connectivity index (χ4v) is 10.1. The van der Waals surface area contributed by atoms with Crippen molar-refractivity contribution in [2.75, 3.05) is 0 Å². The van der Waals surface area contributed by atoms with Gasteiger partial charge in [0.25, 0.3) is 0 Å². The molecular weight excluding hydrogens is 522 g/mol. The average Bonchev–Trinajstić information content (AvgIpc) is 3.19. The molecule has 1 unspecified atom stereocenters. The molecule has 0 heterocycles. The van der Waals surface area contributed by atoms with Crippen LogP contribution in [0.15, 0.2) is 60.7 Å². The van der Waals surface area contributed by atoms with Crippen molar-refractivity contribution >= 4 is 28.7 Å². The van der Waals surface area contributed by atoms with E-state index in [0.717, 1.165) is 12.8 Å². The van der Waals surface area contributed by atoms with Gasteiger partial charge in [-0.1, -0.05) is 0 Å². The third kappa shape index (κ3) is 5.12. The number of allylic oxidation sites excluding steroid dienone is 1. The monoisotopic (exact) mass is 553 g/mol. The van der Waals surface area contributed by atoms with Gasteiger partial charge in [0.2, 0.25) is 0 Å². The maximum atomic E-state index is 6.81. The molecule has 3 aromatic rings. The van der Waals surface area contributed by atoms with Crippen molar-refractivity contribution in [1.29, 1.82) is 0 Å². The van der Waals surface area contributed by atoms with Crippen LogP contribution in [0, 0.1) is 0 Å². The van der Waals surface area contributed by atoms with Crippen molar-refractivity contribution in [3.8, 4) is 11.1 Å². The van der Waals surface area contributed by atoms with Crippen LogP contribution in [0.2, 0.25) is 0 Å². The Hall–Kier alpha value is -1.14. The SMILES string of the molecule is CCCc1ccc2c(c1-c1cc(C(C)C)cc(C(C)C)c1)C=C(c1ccccc1)[CH]2[Zr]([Cl])[Cl]. The first kappa shape index (κ1) is 25.0. The van der Waals surface area contributed by atoms with E-state index in [-0.39, 0.29) is 3.63 Å². The Morgan fingerprint density at radius 1 is 0.818 bits per heavy atom. The number of benzene rings is 3. The Morgan fingerprint density at radius 2 is 1.45 bits per heavy atom. The molecular formula is C30H33Cl2Zr. The van der Waals surface area contributed by atoms with E-state index in [1.165, 1.54) is 50.1 Å². The van der Waals surface area contributed by atoms with E-state index in [9.17, 15) is 0 Å². The molecule has 0 fully saturated rings. The van der Waals surface area contributed by atoms with Crippen LogP contribution in [0.4, 0.5) is 0 Å². The van der Waals surface area contributed by atoms with Gasteiger partial charge in [-0.15, -0.1) is 0 Å². The summed E-state index contributed by atoms with van der Waals surface area (Å²) in [6.45, 7) is 11.4. The van der Waals surface area contributed by atoms with Crippen LogP contribution in [0.5, 0.6) is 0 Å². The molecule has 0 bridgehead atoms. The molecule has 0 amide bonds. The summed E-state index contributed by atoms with van der Waals surface area (Å²) in [5.41, 5.74) is 12.1. The molecule has 0 N–H and O–H groups in total. The molecule has 1 atom stereocenters. The minimum atomic E-state index is -2.64. The van der Waals surface area contributed by atoms with E-state index in [1.807, 2.05) is 0 Å². The molecule has 3 heteroatoms. The Morgan fingerprint density at radius 3 is 2.00 bits per heavy atom. The third-order valence-corrected chi connectivity index (χ3v) is 11.9. The Bertz CT molecular complexity index is 1130. The summed E-state index contributed by atoms with van der Waals surface area (Å²) in [6.07, 6.45) is 4.59. The molecule has 1 aliphatic carbocycles. The second-order valence-corrected chi connectivity index (χ2v) is 18.5. The van der Waals surface area contributed by atoms with Gasteiger partial charge >= 0.3 is 216 Å². The number of fused-ring (bicyclic) bond motifs is 1. The zero-order valence-electron chi connectivity index (χ0n) is 20.3. The quantitative estimate of drug-likeness (QED) is 0.272. The predicted octanol–water partition coefficient (Wildman–Crippen LogP) is 10.1. The molecule has 1 aliphatic rings. The van der Waals surface area contributed by atoms with Gasteiger partial charge in [-0.2, -0.15) is 0 Å². The Kier molecular flexibility index (Phi) is 8.05. The van der Waals surface area contributed by atoms with Crippen molar-refractivity contribution in [2.45, 2.75) is 62.9 Å². The van der Waals surface area contributed by atoms with E-state index in [4.69, 9.17) is 17.0 Å². The Balaban J connectivity index is 2.01. The van der Waals surface area contributed by atoms with Gasteiger partial charge in [-0.05, 0) is 0 Å². The summed E-state index contributed by atoms with van der Waals surface area (Å²) in [5.74, 6) is 0.977. The summed E-state index contributed by atoms with van der Waals surface area (Å²) in [4.78, 5) is 0. The topological polar surface area (TPSA) is 0 Å². The van der Waals surface area contributed by atoms with Gasteiger partial charge in [0.15, 0.2) is 0 Å². The van der Waals surface area contributed by atoms with Crippen molar-refractivity contribution in [1.82, 2.24) is 0 Å². The maximum absolute atomic E-state index is 6.81. The molecule has 171 valence electrons. The van der Waals surface area contributed by atoms with Gasteiger partial charge in [0.05, 0.1) is 0 Å². The molecule has 4 rings (SSSR count). The molecule has 0 spiro atoms. The van der Waals surface area contributed by atoms with E-state index in [0.29, 0.717) is 11.8 Å². The first-order valence-electron chi connectivity index (χ1n) is 12.1. The van der Waals surface area contributed by atoms with Crippen LogP contribution >= 0.6 is 17.0 Å². The summed E-state index contributed by atoms with van der Waals surface area (Å²) in [5, 5.41) is 0. The normalized spacial score (nSPS) is 15.2. The van der Waals surface area contributed by atoms with Gasteiger partial charge in [-0.3, -0.25) is 0 Å². The second-order valence-electron chi connectivity index (χ2n) is 9.74.